The van der Waals surface area contributed by atoms with E-state index in [4.69, 9.17) is 4.74 Å². The molecule has 0 radical (unpaired) electrons. The summed E-state index contributed by atoms with van der Waals surface area (Å²) in [5, 5.41) is 0. The fourth-order valence-electron chi connectivity index (χ4n) is 4.25. The van der Waals surface area contributed by atoms with Gasteiger partial charge in [0.1, 0.15) is 0 Å². The summed E-state index contributed by atoms with van der Waals surface area (Å²) in [5.74, 6) is -0.967. The Hall–Kier alpha value is -2.68. The topological polar surface area (TPSA) is 43.4 Å². The quantitative estimate of drug-likeness (QED) is 0.634. The van der Waals surface area contributed by atoms with Crippen molar-refractivity contribution in [2.24, 2.45) is 11.8 Å². The van der Waals surface area contributed by atoms with Gasteiger partial charge >= 0.3 is 5.97 Å². The van der Waals surface area contributed by atoms with Crippen LogP contribution in [0.3, 0.4) is 0 Å². The van der Waals surface area contributed by atoms with E-state index in [-0.39, 0.29) is 23.6 Å². The molecule has 2 aliphatic rings. The van der Waals surface area contributed by atoms with Gasteiger partial charge in [0.15, 0.2) is 5.78 Å². The van der Waals surface area contributed by atoms with E-state index in [0.717, 1.165) is 11.1 Å². The Morgan fingerprint density at radius 2 is 1.84 bits per heavy atom. The highest BCUT2D eigenvalue weighted by Crippen LogP contribution is 2.52. The third kappa shape index (κ3) is 2.60. The first-order valence-corrected chi connectivity index (χ1v) is 8.76. The molecule has 2 aromatic rings. The highest BCUT2D eigenvalue weighted by molar-refractivity contribution is 6.10. The number of hydrogen-bond donors (Lipinski definition) is 0. The molecule has 0 N–H and O–H groups in total. The number of ether oxygens (including phenoxy) is 1. The molecule has 0 heterocycles. The molecule has 1 saturated carbocycles. The molecule has 3 nitrogen and oxygen atoms in total. The van der Waals surface area contributed by atoms with Crippen molar-refractivity contribution in [1.82, 2.24) is 0 Å². The maximum Gasteiger partial charge on any atom is 0.314 e. The fraction of sp³-hybridized carbons (Fsp3) is 0.273. The summed E-state index contributed by atoms with van der Waals surface area (Å²) in [6, 6.07) is 17.8. The average Bonchev–Trinajstić information content (AvgIpc) is 3.12. The number of carbonyl (C=O) groups is 2. The number of hydrogen-bond acceptors (Lipinski definition) is 3. The maximum atomic E-state index is 13.1. The first-order chi connectivity index (χ1) is 12.2. The molecule has 3 atom stereocenters. The lowest BCUT2D eigenvalue weighted by molar-refractivity contribution is -0.147. The molecule has 4 rings (SSSR count). The van der Waals surface area contributed by atoms with Crippen molar-refractivity contribution in [2.75, 3.05) is 6.61 Å². The van der Waals surface area contributed by atoms with E-state index in [1.54, 1.807) is 6.92 Å². The third-order valence-corrected chi connectivity index (χ3v) is 5.27. The molecule has 0 saturated heterocycles. The second-order valence-electron chi connectivity index (χ2n) is 6.64. The monoisotopic (exact) mass is 332 g/mol. The van der Waals surface area contributed by atoms with Crippen molar-refractivity contribution in [2.45, 2.75) is 19.3 Å². The van der Waals surface area contributed by atoms with Crippen LogP contribution in [0.25, 0.3) is 6.08 Å². The summed E-state index contributed by atoms with van der Waals surface area (Å²) >= 11 is 0. The average molecular weight is 332 g/mol. The number of Topliss-reactive ketones (excluding diaryl/α,β-unsaturated/α-hetero) is 1. The van der Waals surface area contributed by atoms with Gasteiger partial charge in [0.25, 0.3) is 0 Å². The molecule has 1 fully saturated rings. The van der Waals surface area contributed by atoms with Gasteiger partial charge in [-0.15, -0.1) is 0 Å². The SMILES string of the molecule is CCOC(=O)[C@H]1/C(=C/c2ccccc2)C(=O)[C@@H]2Cc3ccccc3[C@@H]21. The van der Waals surface area contributed by atoms with Crippen molar-refractivity contribution in [3.05, 3.63) is 76.9 Å². The van der Waals surface area contributed by atoms with Crippen LogP contribution in [0, 0.1) is 11.8 Å². The number of fused-ring (bicyclic) bond motifs is 3. The van der Waals surface area contributed by atoms with Crippen LogP contribution in [0.2, 0.25) is 0 Å². The van der Waals surface area contributed by atoms with Gasteiger partial charge in [-0.25, -0.2) is 0 Å². The van der Waals surface area contributed by atoms with Crippen LogP contribution < -0.4 is 0 Å². The number of carbonyl (C=O) groups excluding carboxylic acids is 2. The van der Waals surface area contributed by atoms with E-state index >= 15 is 0 Å². The number of rotatable bonds is 3. The molecule has 0 aromatic heterocycles. The maximum absolute atomic E-state index is 13.1. The molecule has 0 bridgehead atoms. The van der Waals surface area contributed by atoms with Gasteiger partial charge in [-0.05, 0) is 36.1 Å². The standard InChI is InChI=1S/C22H20O3/c1-2-25-22(24)20-17(12-14-8-4-3-5-9-14)21(23)18-13-15-10-6-7-11-16(15)19(18)20/h3-12,18-20H,2,13H2,1H3/b17-12-/t18-,19+,20+/m1/s1. The van der Waals surface area contributed by atoms with Crippen molar-refractivity contribution >= 4 is 17.8 Å². The smallest absolute Gasteiger partial charge is 0.314 e. The predicted octanol–water partition coefficient (Wildman–Crippen LogP) is 3.79. The zero-order valence-corrected chi connectivity index (χ0v) is 14.1. The Labute approximate surface area is 147 Å². The Balaban J connectivity index is 1.81. The summed E-state index contributed by atoms with van der Waals surface area (Å²) < 4.78 is 5.33. The third-order valence-electron chi connectivity index (χ3n) is 5.27. The molecule has 126 valence electrons. The first-order valence-electron chi connectivity index (χ1n) is 8.76. The van der Waals surface area contributed by atoms with Crippen LogP contribution >= 0.6 is 0 Å². The van der Waals surface area contributed by atoms with Gasteiger partial charge in [0.2, 0.25) is 0 Å². The highest BCUT2D eigenvalue weighted by Gasteiger charge is 2.54. The Bertz CT molecular complexity index is 851. The molecule has 3 heteroatoms. The van der Waals surface area contributed by atoms with Gasteiger partial charge in [0, 0.05) is 17.4 Å². The van der Waals surface area contributed by atoms with Crippen molar-refractivity contribution in [3.63, 3.8) is 0 Å². The Morgan fingerprint density at radius 3 is 2.60 bits per heavy atom. The van der Waals surface area contributed by atoms with Crippen molar-refractivity contribution in [3.8, 4) is 0 Å². The summed E-state index contributed by atoms with van der Waals surface area (Å²) in [7, 11) is 0. The molecular formula is C22H20O3. The molecule has 0 spiro atoms. The van der Waals surface area contributed by atoms with E-state index in [2.05, 4.69) is 6.07 Å². The molecule has 2 aliphatic carbocycles. The second kappa shape index (κ2) is 6.32. The molecule has 0 aliphatic heterocycles. The molecule has 0 unspecified atom stereocenters. The minimum Gasteiger partial charge on any atom is -0.466 e. The second-order valence-corrected chi connectivity index (χ2v) is 6.64. The van der Waals surface area contributed by atoms with Gasteiger partial charge in [-0.2, -0.15) is 0 Å². The van der Waals surface area contributed by atoms with Crippen LogP contribution in [0.4, 0.5) is 0 Å². The normalized spacial score (nSPS) is 25.7. The van der Waals surface area contributed by atoms with Crippen LogP contribution in [0.15, 0.2) is 60.2 Å². The summed E-state index contributed by atoms with van der Waals surface area (Å²) in [6.07, 6.45) is 2.58. The van der Waals surface area contributed by atoms with E-state index in [9.17, 15) is 9.59 Å². The van der Waals surface area contributed by atoms with Crippen molar-refractivity contribution < 1.29 is 14.3 Å². The van der Waals surface area contributed by atoms with Crippen LogP contribution in [-0.4, -0.2) is 18.4 Å². The highest BCUT2D eigenvalue weighted by atomic mass is 16.5. The minimum absolute atomic E-state index is 0.0862. The largest absolute Gasteiger partial charge is 0.466 e. The van der Waals surface area contributed by atoms with Gasteiger partial charge in [0.05, 0.1) is 12.5 Å². The lowest BCUT2D eigenvalue weighted by Gasteiger charge is -2.18. The van der Waals surface area contributed by atoms with Gasteiger partial charge in [-0.1, -0.05) is 54.6 Å². The summed E-state index contributed by atoms with van der Waals surface area (Å²) in [5.41, 5.74) is 3.83. The van der Waals surface area contributed by atoms with E-state index < -0.39 is 5.92 Å². The molecular weight excluding hydrogens is 312 g/mol. The van der Waals surface area contributed by atoms with Crippen molar-refractivity contribution in [1.29, 1.82) is 0 Å². The lowest BCUT2D eigenvalue weighted by atomic mass is 9.86. The predicted molar refractivity (Wildman–Crippen MR) is 95.9 cm³/mol. The molecule has 0 amide bonds. The summed E-state index contributed by atoms with van der Waals surface area (Å²) in [6.45, 7) is 2.12. The van der Waals surface area contributed by atoms with E-state index in [1.807, 2.05) is 54.6 Å². The van der Waals surface area contributed by atoms with E-state index in [1.165, 1.54) is 5.56 Å². The molecule has 25 heavy (non-hydrogen) atoms. The number of esters is 1. The lowest BCUT2D eigenvalue weighted by Crippen LogP contribution is -2.22. The number of benzene rings is 2. The minimum atomic E-state index is -0.513. The van der Waals surface area contributed by atoms with E-state index in [0.29, 0.717) is 18.6 Å². The zero-order chi connectivity index (χ0) is 17.4. The summed E-state index contributed by atoms with van der Waals surface area (Å²) in [4.78, 5) is 25.8. The first kappa shape index (κ1) is 15.8. The Kier molecular flexibility index (Phi) is 4.00. The van der Waals surface area contributed by atoms with Crippen LogP contribution in [-0.2, 0) is 20.7 Å². The van der Waals surface area contributed by atoms with Crippen LogP contribution in [0.5, 0.6) is 0 Å². The zero-order valence-electron chi connectivity index (χ0n) is 14.1. The Morgan fingerprint density at radius 1 is 1.12 bits per heavy atom. The van der Waals surface area contributed by atoms with Crippen LogP contribution in [0.1, 0.15) is 29.5 Å². The fourth-order valence-corrected chi connectivity index (χ4v) is 4.25. The van der Waals surface area contributed by atoms with Gasteiger partial charge in [-0.3, -0.25) is 9.59 Å². The number of ketones is 1. The molecule has 2 aromatic carbocycles. The van der Waals surface area contributed by atoms with Gasteiger partial charge < -0.3 is 4.74 Å².